The van der Waals surface area contributed by atoms with Crippen molar-refractivity contribution < 1.29 is 19.1 Å². The molecule has 0 bridgehead atoms. The van der Waals surface area contributed by atoms with E-state index >= 15 is 0 Å². The van der Waals surface area contributed by atoms with Crippen LogP contribution < -0.4 is 16.0 Å². The smallest absolute Gasteiger partial charge is 0.340 e. The van der Waals surface area contributed by atoms with Gasteiger partial charge in [0.15, 0.2) is 0 Å². The molecule has 0 aliphatic carbocycles. The molecule has 0 spiro atoms. The molecule has 0 fully saturated rings. The average molecular weight is 392 g/mol. The number of anilines is 3. The van der Waals surface area contributed by atoms with Gasteiger partial charge in [-0.05, 0) is 37.3 Å². The molecule has 8 nitrogen and oxygen atoms in total. The number of carbonyl (C=O) groups excluding carboxylic acids is 3. The van der Waals surface area contributed by atoms with E-state index in [-0.39, 0.29) is 23.4 Å². The number of esters is 1. The van der Waals surface area contributed by atoms with Crippen molar-refractivity contribution in [2.45, 2.75) is 13.8 Å². The Morgan fingerprint density at radius 2 is 1.93 bits per heavy atom. The third-order valence-corrected chi connectivity index (χ3v) is 3.78. The largest absolute Gasteiger partial charge is 0.462 e. The quantitative estimate of drug-likeness (QED) is 0.337. The summed E-state index contributed by atoms with van der Waals surface area (Å²) in [6.45, 7) is 3.14. The highest BCUT2D eigenvalue weighted by molar-refractivity contribution is 6.10. The summed E-state index contributed by atoms with van der Waals surface area (Å²) in [4.78, 5) is 37.9. The Labute approximate surface area is 168 Å². The normalized spacial score (nSPS) is 10.6. The van der Waals surface area contributed by atoms with Gasteiger partial charge in [-0.15, -0.1) is 0 Å². The lowest BCUT2D eigenvalue weighted by Crippen LogP contribution is -2.25. The first-order valence-electron chi connectivity index (χ1n) is 8.72. The summed E-state index contributed by atoms with van der Waals surface area (Å²) in [6, 6.07) is 14.5. The molecule has 148 valence electrons. The Kier molecular flexibility index (Phi) is 7.09. The number of amides is 2. The van der Waals surface area contributed by atoms with Crippen LogP contribution in [0, 0.1) is 11.3 Å². The van der Waals surface area contributed by atoms with Crippen molar-refractivity contribution in [2.75, 3.05) is 22.6 Å². The summed E-state index contributed by atoms with van der Waals surface area (Å²) in [7, 11) is 0. The van der Waals surface area contributed by atoms with E-state index in [0.717, 1.165) is 11.1 Å². The highest BCUT2D eigenvalue weighted by Crippen LogP contribution is 2.21. The topological polar surface area (TPSA) is 126 Å². The zero-order chi connectivity index (χ0) is 21.4. The Hall–Kier alpha value is -4.12. The van der Waals surface area contributed by atoms with E-state index in [9.17, 15) is 19.6 Å². The number of hydrogen-bond donors (Lipinski definition) is 2. The molecule has 0 aromatic heterocycles. The molecule has 0 saturated carbocycles. The minimum absolute atomic E-state index is 0.152. The van der Waals surface area contributed by atoms with E-state index in [1.165, 1.54) is 19.1 Å². The summed E-state index contributed by atoms with van der Waals surface area (Å²) in [5.41, 5.74) is 6.59. The summed E-state index contributed by atoms with van der Waals surface area (Å²) >= 11 is 0. The molecule has 8 heteroatoms. The summed E-state index contributed by atoms with van der Waals surface area (Å²) in [5, 5.41) is 12.0. The molecule has 0 radical (unpaired) electrons. The number of hydrogen-bond acceptors (Lipinski definition) is 6. The van der Waals surface area contributed by atoms with Gasteiger partial charge in [0.2, 0.25) is 5.91 Å². The molecular weight excluding hydrogens is 372 g/mol. The number of ether oxygens (including phenoxy) is 1. The highest BCUT2D eigenvalue weighted by Gasteiger charge is 2.18. The Balaban J connectivity index is 2.34. The van der Waals surface area contributed by atoms with Gasteiger partial charge in [-0.25, -0.2) is 4.79 Å². The monoisotopic (exact) mass is 392 g/mol. The molecule has 0 heterocycles. The number of para-hydroxylation sites is 1. The van der Waals surface area contributed by atoms with Crippen molar-refractivity contribution in [1.82, 2.24) is 0 Å². The van der Waals surface area contributed by atoms with E-state index in [0.29, 0.717) is 11.4 Å². The molecule has 29 heavy (non-hydrogen) atoms. The minimum Gasteiger partial charge on any atom is -0.462 e. The second-order valence-corrected chi connectivity index (χ2v) is 5.86. The summed E-state index contributed by atoms with van der Waals surface area (Å²) in [5.74, 6) is -1.79. The van der Waals surface area contributed by atoms with E-state index in [1.807, 2.05) is 0 Å². The van der Waals surface area contributed by atoms with Crippen LogP contribution in [0.1, 0.15) is 24.2 Å². The van der Waals surface area contributed by atoms with Crippen molar-refractivity contribution >= 4 is 34.8 Å². The fourth-order valence-corrected chi connectivity index (χ4v) is 2.46. The predicted molar refractivity (Wildman–Crippen MR) is 109 cm³/mol. The molecule has 2 amide bonds. The standard InChI is InChI=1S/C21H20N4O4/c1-3-29-21(28)18-9-4-5-10-19(18)24-20(27)15(12-22)13-25(14(2)26)17-8-6-7-16(23)11-17/h4-11,13H,3,23H2,1-2H3,(H,24,27)/b15-13-. The van der Waals surface area contributed by atoms with Gasteiger partial charge in [0.25, 0.3) is 5.91 Å². The second kappa shape index (κ2) is 9.71. The molecule has 2 rings (SSSR count). The number of nitrogen functional groups attached to an aromatic ring is 1. The summed E-state index contributed by atoms with van der Waals surface area (Å²) in [6.07, 6.45) is 1.12. The maximum absolute atomic E-state index is 12.6. The predicted octanol–water partition coefficient (Wildman–Crippen LogP) is 2.84. The van der Waals surface area contributed by atoms with E-state index in [1.54, 1.807) is 49.4 Å². The fourth-order valence-electron chi connectivity index (χ4n) is 2.46. The van der Waals surface area contributed by atoms with Gasteiger partial charge in [-0.1, -0.05) is 18.2 Å². The molecule has 2 aromatic carbocycles. The summed E-state index contributed by atoms with van der Waals surface area (Å²) < 4.78 is 4.97. The van der Waals surface area contributed by atoms with Crippen LogP contribution >= 0.6 is 0 Å². The van der Waals surface area contributed by atoms with Gasteiger partial charge in [0, 0.05) is 18.8 Å². The van der Waals surface area contributed by atoms with Gasteiger partial charge in [-0.2, -0.15) is 5.26 Å². The van der Waals surface area contributed by atoms with Gasteiger partial charge < -0.3 is 15.8 Å². The molecule has 0 atom stereocenters. The van der Waals surface area contributed by atoms with Gasteiger partial charge in [-0.3, -0.25) is 14.5 Å². The third kappa shape index (κ3) is 5.43. The molecule has 0 saturated heterocycles. The van der Waals surface area contributed by atoms with Crippen LogP contribution in [-0.4, -0.2) is 24.4 Å². The van der Waals surface area contributed by atoms with Crippen LogP contribution in [0.25, 0.3) is 0 Å². The molecule has 2 aromatic rings. The van der Waals surface area contributed by atoms with Crippen molar-refractivity contribution in [1.29, 1.82) is 5.26 Å². The van der Waals surface area contributed by atoms with Gasteiger partial charge >= 0.3 is 5.97 Å². The van der Waals surface area contributed by atoms with E-state index < -0.39 is 17.8 Å². The highest BCUT2D eigenvalue weighted by atomic mass is 16.5. The van der Waals surface area contributed by atoms with Crippen LogP contribution in [0.5, 0.6) is 0 Å². The molecule has 3 N–H and O–H groups in total. The van der Waals surface area contributed by atoms with E-state index in [4.69, 9.17) is 10.5 Å². The molecule has 0 aliphatic heterocycles. The number of benzene rings is 2. The third-order valence-electron chi connectivity index (χ3n) is 3.78. The van der Waals surface area contributed by atoms with E-state index in [2.05, 4.69) is 5.32 Å². The Morgan fingerprint density at radius 3 is 2.55 bits per heavy atom. The zero-order valence-corrected chi connectivity index (χ0v) is 16.0. The van der Waals surface area contributed by atoms with Crippen LogP contribution in [0.4, 0.5) is 17.1 Å². The van der Waals surface area contributed by atoms with Crippen LogP contribution in [-0.2, 0) is 14.3 Å². The number of rotatable bonds is 6. The van der Waals surface area contributed by atoms with Crippen LogP contribution in [0.2, 0.25) is 0 Å². The first-order valence-corrected chi connectivity index (χ1v) is 8.72. The number of nitrogens with one attached hydrogen (secondary N) is 1. The maximum atomic E-state index is 12.6. The van der Waals surface area contributed by atoms with Crippen molar-refractivity contribution in [2.24, 2.45) is 0 Å². The van der Waals surface area contributed by atoms with Crippen LogP contribution in [0.3, 0.4) is 0 Å². The Morgan fingerprint density at radius 1 is 1.21 bits per heavy atom. The maximum Gasteiger partial charge on any atom is 0.340 e. The molecule has 0 aliphatic rings. The fraction of sp³-hybridized carbons (Fsp3) is 0.143. The lowest BCUT2D eigenvalue weighted by Gasteiger charge is -2.18. The number of nitrogens with zero attached hydrogens (tertiary/aromatic N) is 2. The number of carbonyl (C=O) groups is 3. The lowest BCUT2D eigenvalue weighted by atomic mass is 10.1. The number of nitriles is 1. The first kappa shape index (κ1) is 21.2. The van der Waals surface area contributed by atoms with Crippen LogP contribution in [0.15, 0.2) is 60.3 Å². The van der Waals surface area contributed by atoms with Crippen molar-refractivity contribution in [3.8, 4) is 6.07 Å². The minimum atomic E-state index is -0.778. The Bertz CT molecular complexity index is 1010. The van der Waals surface area contributed by atoms with Gasteiger partial charge in [0.1, 0.15) is 11.6 Å². The first-order chi connectivity index (χ1) is 13.9. The SMILES string of the molecule is CCOC(=O)c1ccccc1NC(=O)/C(C#N)=C\N(C(C)=O)c1cccc(N)c1. The lowest BCUT2D eigenvalue weighted by molar-refractivity contribution is -0.116. The van der Waals surface area contributed by atoms with Crippen molar-refractivity contribution in [3.05, 3.63) is 65.9 Å². The zero-order valence-electron chi connectivity index (χ0n) is 16.0. The number of nitrogens with two attached hydrogens (primary N) is 1. The molecular formula is C21H20N4O4. The second-order valence-electron chi connectivity index (χ2n) is 5.86. The molecule has 0 unspecified atom stereocenters. The van der Waals surface area contributed by atoms with Crippen molar-refractivity contribution in [3.63, 3.8) is 0 Å². The average Bonchev–Trinajstić information content (AvgIpc) is 2.69. The van der Waals surface area contributed by atoms with Gasteiger partial charge in [0.05, 0.1) is 23.5 Å².